The molecule has 0 bridgehead atoms. The van der Waals surface area contributed by atoms with Gasteiger partial charge in [0.05, 0.1) is 20.1 Å². The Bertz CT molecular complexity index is 889. The molecule has 0 aliphatic carbocycles. The summed E-state index contributed by atoms with van der Waals surface area (Å²) >= 11 is 0. The van der Waals surface area contributed by atoms with Crippen LogP contribution < -0.4 is 14.3 Å². The number of halogens is 3. The first kappa shape index (κ1) is 21.9. The van der Waals surface area contributed by atoms with Crippen molar-refractivity contribution in [3.05, 3.63) is 30.0 Å². The maximum Gasteiger partial charge on any atom is 0.435 e. The number of hydrogen-bond donors (Lipinski definition) is 0. The minimum absolute atomic E-state index is 0.0222. The predicted molar refractivity (Wildman–Crippen MR) is 99.9 cm³/mol. The average molecular weight is 428 g/mol. The van der Waals surface area contributed by atoms with E-state index in [1.54, 1.807) is 19.9 Å². The Morgan fingerprint density at radius 1 is 1.30 bits per heavy atom. The molecule has 10 heteroatoms. The van der Waals surface area contributed by atoms with Crippen molar-refractivity contribution < 1.29 is 37.0 Å². The monoisotopic (exact) mass is 428 g/mol. The first-order chi connectivity index (χ1) is 14.2. The van der Waals surface area contributed by atoms with Gasteiger partial charge in [0.2, 0.25) is 0 Å². The highest BCUT2D eigenvalue weighted by Gasteiger charge is 2.36. The molecule has 2 heterocycles. The number of nitrogens with zero attached hydrogens (tertiary/aromatic N) is 2. The number of aromatic nitrogens is 2. The number of benzene rings is 1. The molecule has 2 aromatic rings. The summed E-state index contributed by atoms with van der Waals surface area (Å²) in [5.41, 5.74) is -0.907. The van der Waals surface area contributed by atoms with Crippen molar-refractivity contribution in [3.63, 3.8) is 0 Å². The Morgan fingerprint density at radius 2 is 2.07 bits per heavy atom. The SMILES string of the molecule is COc1ccc(-c2cc(C(F)(F)F)nn2OC(=O)CC(C)C)cc1OC1CCCO1. The maximum absolute atomic E-state index is 13.2. The van der Waals surface area contributed by atoms with Crippen molar-refractivity contribution in [1.82, 2.24) is 9.94 Å². The van der Waals surface area contributed by atoms with Crippen molar-refractivity contribution in [3.8, 4) is 22.8 Å². The number of methoxy groups -OCH3 is 1. The van der Waals surface area contributed by atoms with Crippen molar-refractivity contribution in [1.29, 1.82) is 0 Å². The van der Waals surface area contributed by atoms with Gasteiger partial charge in [0.15, 0.2) is 23.5 Å². The Kier molecular flexibility index (Phi) is 6.55. The second-order valence-corrected chi connectivity index (χ2v) is 7.27. The van der Waals surface area contributed by atoms with Crippen LogP contribution in [0, 0.1) is 5.92 Å². The molecule has 0 amide bonds. The van der Waals surface area contributed by atoms with E-state index in [1.807, 2.05) is 0 Å². The second kappa shape index (κ2) is 8.95. The number of rotatable bonds is 7. The third kappa shape index (κ3) is 5.24. The van der Waals surface area contributed by atoms with Crippen LogP contribution in [0.4, 0.5) is 13.2 Å². The van der Waals surface area contributed by atoms with Gasteiger partial charge in [-0.1, -0.05) is 18.7 Å². The fourth-order valence-corrected chi connectivity index (χ4v) is 2.95. The zero-order chi connectivity index (χ0) is 21.9. The minimum atomic E-state index is -4.70. The summed E-state index contributed by atoms with van der Waals surface area (Å²) in [6.45, 7) is 4.16. The van der Waals surface area contributed by atoms with Gasteiger partial charge in [-0.15, -0.1) is 5.10 Å². The molecule has 7 nitrogen and oxygen atoms in total. The fourth-order valence-electron chi connectivity index (χ4n) is 2.95. The predicted octanol–water partition coefficient (Wildman–Crippen LogP) is 4.09. The third-order valence-corrected chi connectivity index (χ3v) is 4.34. The highest BCUT2D eigenvalue weighted by atomic mass is 19.4. The highest BCUT2D eigenvalue weighted by molar-refractivity contribution is 5.71. The summed E-state index contributed by atoms with van der Waals surface area (Å²) in [4.78, 5) is 17.7. The van der Waals surface area contributed by atoms with E-state index < -0.39 is 24.1 Å². The van der Waals surface area contributed by atoms with Gasteiger partial charge in [-0.25, -0.2) is 4.79 Å². The molecule has 0 saturated carbocycles. The molecule has 1 atom stereocenters. The number of hydrogen-bond acceptors (Lipinski definition) is 6. The standard InChI is InChI=1S/C20H23F3N2O5/c1-12(2)9-18(26)30-25-14(11-17(24-25)20(21,22)23)13-6-7-15(27-3)16(10-13)29-19-5-4-8-28-19/h6-7,10-12,19H,4-5,8-9H2,1-3H3. The van der Waals surface area contributed by atoms with Gasteiger partial charge in [-0.05, 0) is 30.5 Å². The topological polar surface area (TPSA) is 71.8 Å². The van der Waals surface area contributed by atoms with Gasteiger partial charge in [-0.2, -0.15) is 13.2 Å². The van der Waals surface area contributed by atoms with E-state index in [0.717, 1.165) is 12.5 Å². The average Bonchev–Trinajstić information content (AvgIpc) is 3.30. The molecule has 1 saturated heterocycles. The number of alkyl halides is 3. The second-order valence-electron chi connectivity index (χ2n) is 7.27. The number of ether oxygens (including phenoxy) is 3. The summed E-state index contributed by atoms with van der Waals surface area (Å²) in [6.07, 6.45) is -3.59. The van der Waals surface area contributed by atoms with Crippen LogP contribution in [0.5, 0.6) is 11.5 Å². The molecule has 0 N–H and O–H groups in total. The molecule has 0 radical (unpaired) electrons. The quantitative estimate of drug-likeness (QED) is 0.662. The van der Waals surface area contributed by atoms with Crippen LogP contribution in [0.1, 0.15) is 38.8 Å². The summed E-state index contributed by atoms with van der Waals surface area (Å²) in [5, 5.41) is 3.43. The first-order valence-electron chi connectivity index (χ1n) is 9.52. The molecule has 1 fully saturated rings. The molecule has 3 rings (SSSR count). The van der Waals surface area contributed by atoms with Crippen molar-refractivity contribution in [2.75, 3.05) is 13.7 Å². The summed E-state index contributed by atoms with van der Waals surface area (Å²) in [5.74, 6) is -0.0108. The molecular formula is C20H23F3N2O5. The normalized spacial score (nSPS) is 16.7. The van der Waals surface area contributed by atoms with Crippen LogP contribution in [0.15, 0.2) is 24.3 Å². The lowest BCUT2D eigenvalue weighted by Crippen LogP contribution is -2.23. The van der Waals surface area contributed by atoms with E-state index in [1.165, 1.54) is 19.2 Å². The zero-order valence-electron chi connectivity index (χ0n) is 16.9. The zero-order valence-corrected chi connectivity index (χ0v) is 16.9. The fraction of sp³-hybridized carbons (Fsp3) is 0.500. The van der Waals surface area contributed by atoms with Crippen molar-refractivity contribution in [2.24, 2.45) is 5.92 Å². The van der Waals surface area contributed by atoms with Gasteiger partial charge < -0.3 is 19.0 Å². The molecule has 30 heavy (non-hydrogen) atoms. The Balaban J connectivity index is 1.98. The molecule has 164 valence electrons. The molecule has 1 aromatic heterocycles. The first-order valence-corrected chi connectivity index (χ1v) is 9.52. The van der Waals surface area contributed by atoms with E-state index in [-0.39, 0.29) is 18.0 Å². The molecule has 1 aromatic carbocycles. The summed E-state index contributed by atoms with van der Waals surface area (Å²) in [6, 6.07) is 5.41. The Labute approximate surface area is 171 Å². The van der Waals surface area contributed by atoms with Crippen LogP contribution in [0.25, 0.3) is 11.3 Å². The summed E-state index contributed by atoms with van der Waals surface area (Å²) < 4.78 is 56.2. The van der Waals surface area contributed by atoms with E-state index in [9.17, 15) is 18.0 Å². The van der Waals surface area contributed by atoms with Gasteiger partial charge in [-0.3, -0.25) is 0 Å². The van der Waals surface area contributed by atoms with E-state index in [4.69, 9.17) is 19.0 Å². The molecule has 1 aliphatic rings. The molecule has 1 aliphatic heterocycles. The number of carbonyl (C=O) groups excluding carboxylic acids is 1. The lowest BCUT2D eigenvalue weighted by molar-refractivity contribution is -0.151. The van der Waals surface area contributed by atoms with Gasteiger partial charge in [0.25, 0.3) is 0 Å². The molecule has 0 spiro atoms. The lowest BCUT2D eigenvalue weighted by atomic mass is 10.1. The minimum Gasteiger partial charge on any atom is -0.493 e. The van der Waals surface area contributed by atoms with Crippen molar-refractivity contribution >= 4 is 5.97 Å². The lowest BCUT2D eigenvalue weighted by Gasteiger charge is -2.16. The van der Waals surface area contributed by atoms with E-state index in [2.05, 4.69) is 5.10 Å². The van der Waals surface area contributed by atoms with Crippen molar-refractivity contribution in [2.45, 2.75) is 45.6 Å². The number of carbonyl (C=O) groups is 1. The van der Waals surface area contributed by atoms with Crippen LogP contribution in [-0.2, 0) is 15.7 Å². The summed E-state index contributed by atoms with van der Waals surface area (Å²) in [7, 11) is 1.46. The van der Waals surface area contributed by atoms with Crippen LogP contribution in [0.3, 0.4) is 0 Å². The Morgan fingerprint density at radius 3 is 2.67 bits per heavy atom. The van der Waals surface area contributed by atoms with E-state index in [0.29, 0.717) is 34.9 Å². The van der Waals surface area contributed by atoms with Crippen LogP contribution >= 0.6 is 0 Å². The van der Waals surface area contributed by atoms with Gasteiger partial charge in [0, 0.05) is 18.1 Å². The largest absolute Gasteiger partial charge is 0.493 e. The third-order valence-electron chi connectivity index (χ3n) is 4.34. The smallest absolute Gasteiger partial charge is 0.435 e. The Hall–Kier alpha value is -2.75. The molecule has 1 unspecified atom stereocenters. The van der Waals surface area contributed by atoms with Crippen LogP contribution in [0.2, 0.25) is 0 Å². The highest BCUT2D eigenvalue weighted by Crippen LogP contribution is 2.36. The maximum atomic E-state index is 13.2. The van der Waals surface area contributed by atoms with Gasteiger partial charge >= 0.3 is 12.1 Å². The van der Waals surface area contributed by atoms with Crippen LogP contribution in [-0.4, -0.2) is 35.9 Å². The molecular weight excluding hydrogens is 405 g/mol. The van der Waals surface area contributed by atoms with Gasteiger partial charge in [0.1, 0.15) is 5.69 Å². The van der Waals surface area contributed by atoms with E-state index >= 15 is 0 Å².